The van der Waals surface area contributed by atoms with Crippen molar-refractivity contribution in [3.8, 4) is 5.75 Å². The van der Waals surface area contributed by atoms with Gasteiger partial charge in [0.15, 0.2) is 0 Å². The van der Waals surface area contributed by atoms with Gasteiger partial charge in [-0.3, -0.25) is 0 Å². The lowest BCUT2D eigenvalue weighted by atomic mass is 9.78. The summed E-state index contributed by atoms with van der Waals surface area (Å²) in [5, 5.41) is 18.6. The molecule has 0 aliphatic rings. The largest absolute Gasteiger partial charge is 0.494 e. The summed E-state index contributed by atoms with van der Waals surface area (Å²) in [6.45, 7) is 4.57. The highest BCUT2D eigenvalue weighted by Crippen LogP contribution is 2.13. The Morgan fingerprint density at radius 1 is 1.18 bits per heavy atom. The van der Waals surface area contributed by atoms with Gasteiger partial charge in [-0.15, -0.1) is 0 Å². The third-order valence-corrected chi connectivity index (χ3v) is 2.72. The highest BCUT2D eigenvalue weighted by molar-refractivity contribution is 6.59. The molecule has 0 amide bonds. The van der Waals surface area contributed by atoms with E-state index in [4.69, 9.17) is 4.74 Å². The highest BCUT2D eigenvalue weighted by Gasteiger charge is 2.17. The molecule has 0 fully saturated rings. The lowest BCUT2D eigenvalue weighted by molar-refractivity contribution is 0.340. The molecule has 0 saturated heterocycles. The van der Waals surface area contributed by atoms with E-state index in [2.05, 4.69) is 6.92 Å². The zero-order valence-electron chi connectivity index (χ0n) is 10.6. The summed E-state index contributed by atoms with van der Waals surface area (Å²) in [6.07, 6.45) is 4.49. The molecule has 2 N–H and O–H groups in total. The van der Waals surface area contributed by atoms with Crippen molar-refractivity contribution in [1.82, 2.24) is 0 Å². The molecule has 0 aromatic heterocycles. The molecule has 0 spiro atoms. The number of aryl methyl sites for hydroxylation is 1. The van der Waals surface area contributed by atoms with Gasteiger partial charge in [-0.25, -0.2) is 0 Å². The Morgan fingerprint density at radius 3 is 2.53 bits per heavy atom. The van der Waals surface area contributed by atoms with Crippen LogP contribution in [0.2, 0.25) is 0 Å². The minimum Gasteiger partial charge on any atom is -0.494 e. The van der Waals surface area contributed by atoms with E-state index in [9.17, 15) is 10.0 Å². The predicted octanol–water partition coefficient (Wildman–Crippen LogP) is 1.50. The van der Waals surface area contributed by atoms with Crippen LogP contribution in [0.4, 0.5) is 0 Å². The van der Waals surface area contributed by atoms with Crippen LogP contribution in [0.5, 0.6) is 5.75 Å². The number of unbranched alkanes of at least 4 members (excludes halogenated alkanes) is 2. The smallest absolute Gasteiger partial charge is 0.492 e. The Hall–Kier alpha value is -0.995. The minimum absolute atomic E-state index is 0.459. The molecule has 17 heavy (non-hydrogen) atoms. The first-order valence-electron chi connectivity index (χ1n) is 6.30. The molecular formula is C13H21BO3. The van der Waals surface area contributed by atoms with Crippen LogP contribution in [-0.4, -0.2) is 23.8 Å². The van der Waals surface area contributed by atoms with Gasteiger partial charge in [0.1, 0.15) is 5.75 Å². The van der Waals surface area contributed by atoms with Crippen molar-refractivity contribution in [1.29, 1.82) is 0 Å². The second-order valence-electron chi connectivity index (χ2n) is 4.14. The standard InChI is InChI=1S/C13H21BO3/c1-3-5-6-7-11-8-9-13(17-4-2)12(10-11)14(15)16/h8-10,15-16H,3-7H2,1-2H3. The van der Waals surface area contributed by atoms with Crippen molar-refractivity contribution in [3.05, 3.63) is 23.8 Å². The number of rotatable bonds is 7. The van der Waals surface area contributed by atoms with Gasteiger partial charge >= 0.3 is 7.12 Å². The third-order valence-electron chi connectivity index (χ3n) is 2.72. The average Bonchev–Trinajstić information content (AvgIpc) is 2.31. The van der Waals surface area contributed by atoms with Crippen molar-refractivity contribution in [3.63, 3.8) is 0 Å². The maximum Gasteiger partial charge on any atom is 0.492 e. The monoisotopic (exact) mass is 236 g/mol. The van der Waals surface area contributed by atoms with Gasteiger partial charge < -0.3 is 14.8 Å². The van der Waals surface area contributed by atoms with E-state index < -0.39 is 7.12 Å². The van der Waals surface area contributed by atoms with Gasteiger partial charge in [-0.2, -0.15) is 0 Å². The maximum atomic E-state index is 9.30. The molecule has 1 aromatic rings. The van der Waals surface area contributed by atoms with Gasteiger partial charge in [-0.05, 0) is 31.4 Å². The quantitative estimate of drug-likeness (QED) is 0.557. The third kappa shape index (κ3) is 4.40. The van der Waals surface area contributed by atoms with E-state index in [1.54, 1.807) is 0 Å². The molecule has 0 aliphatic heterocycles. The molecule has 0 bridgehead atoms. The molecule has 3 nitrogen and oxygen atoms in total. The second kappa shape index (κ2) is 7.35. The Balaban J connectivity index is 2.78. The van der Waals surface area contributed by atoms with Crippen LogP contribution in [-0.2, 0) is 6.42 Å². The summed E-state index contributed by atoms with van der Waals surface area (Å²) in [7, 11) is -1.47. The summed E-state index contributed by atoms with van der Waals surface area (Å²) < 4.78 is 5.36. The summed E-state index contributed by atoms with van der Waals surface area (Å²) in [5.74, 6) is 0.557. The summed E-state index contributed by atoms with van der Waals surface area (Å²) in [6, 6.07) is 5.64. The van der Waals surface area contributed by atoms with Crippen molar-refractivity contribution < 1.29 is 14.8 Å². The molecule has 0 unspecified atom stereocenters. The topological polar surface area (TPSA) is 49.7 Å². The normalized spacial score (nSPS) is 10.4. The van der Waals surface area contributed by atoms with Gasteiger partial charge in [0, 0.05) is 5.46 Å². The highest BCUT2D eigenvalue weighted by atomic mass is 16.5. The fraction of sp³-hybridized carbons (Fsp3) is 0.538. The fourth-order valence-corrected chi connectivity index (χ4v) is 1.82. The number of hydrogen-bond donors (Lipinski definition) is 2. The number of benzene rings is 1. The Kier molecular flexibility index (Phi) is 6.09. The zero-order chi connectivity index (χ0) is 12.7. The Labute approximate surface area is 104 Å². The Bertz CT molecular complexity index is 339. The molecule has 1 aromatic carbocycles. The molecule has 0 radical (unpaired) electrons. The average molecular weight is 236 g/mol. The van der Waals surface area contributed by atoms with E-state index in [1.165, 1.54) is 12.8 Å². The van der Waals surface area contributed by atoms with Gasteiger partial charge in [0.05, 0.1) is 6.61 Å². The van der Waals surface area contributed by atoms with Crippen LogP contribution in [0, 0.1) is 0 Å². The first kappa shape index (κ1) is 14.1. The van der Waals surface area contributed by atoms with Crippen molar-refractivity contribution in [2.45, 2.75) is 39.5 Å². The first-order valence-corrected chi connectivity index (χ1v) is 6.30. The van der Waals surface area contributed by atoms with Crippen LogP contribution < -0.4 is 10.2 Å². The van der Waals surface area contributed by atoms with Gasteiger partial charge in [0.2, 0.25) is 0 Å². The van der Waals surface area contributed by atoms with Crippen molar-refractivity contribution in [2.24, 2.45) is 0 Å². The van der Waals surface area contributed by atoms with Crippen LogP contribution in [0.25, 0.3) is 0 Å². The van der Waals surface area contributed by atoms with Crippen LogP contribution in [0.1, 0.15) is 38.7 Å². The maximum absolute atomic E-state index is 9.30. The van der Waals surface area contributed by atoms with Crippen LogP contribution in [0.15, 0.2) is 18.2 Å². The van der Waals surface area contributed by atoms with Crippen molar-refractivity contribution >= 4 is 12.6 Å². The summed E-state index contributed by atoms with van der Waals surface area (Å²) >= 11 is 0. The van der Waals surface area contributed by atoms with Crippen LogP contribution >= 0.6 is 0 Å². The lowest BCUT2D eigenvalue weighted by Crippen LogP contribution is -2.31. The van der Waals surface area contributed by atoms with E-state index in [0.29, 0.717) is 17.8 Å². The molecule has 0 aliphatic carbocycles. The second-order valence-corrected chi connectivity index (χ2v) is 4.14. The van der Waals surface area contributed by atoms with E-state index in [-0.39, 0.29) is 0 Å². The molecule has 94 valence electrons. The predicted molar refractivity (Wildman–Crippen MR) is 70.7 cm³/mol. The molecule has 0 saturated carbocycles. The van der Waals surface area contributed by atoms with Gasteiger partial charge in [0.25, 0.3) is 0 Å². The van der Waals surface area contributed by atoms with Gasteiger partial charge in [-0.1, -0.05) is 31.9 Å². The summed E-state index contributed by atoms with van der Waals surface area (Å²) in [4.78, 5) is 0. The molecular weight excluding hydrogens is 215 g/mol. The van der Waals surface area contributed by atoms with E-state index in [1.807, 2.05) is 25.1 Å². The lowest BCUT2D eigenvalue weighted by Gasteiger charge is -2.11. The molecule has 0 heterocycles. The molecule has 0 atom stereocenters. The fourth-order valence-electron chi connectivity index (χ4n) is 1.82. The van der Waals surface area contributed by atoms with Crippen LogP contribution in [0.3, 0.4) is 0 Å². The minimum atomic E-state index is -1.47. The SMILES string of the molecule is CCCCCc1ccc(OCC)c(B(O)O)c1. The Morgan fingerprint density at radius 2 is 1.94 bits per heavy atom. The van der Waals surface area contributed by atoms with E-state index in [0.717, 1.165) is 18.4 Å². The molecule has 1 rings (SSSR count). The zero-order valence-corrected chi connectivity index (χ0v) is 10.6. The first-order chi connectivity index (χ1) is 8.19. The summed E-state index contributed by atoms with van der Waals surface area (Å²) in [5.41, 5.74) is 1.59. The number of ether oxygens (including phenoxy) is 1. The number of hydrogen-bond acceptors (Lipinski definition) is 3. The van der Waals surface area contributed by atoms with Crippen molar-refractivity contribution in [2.75, 3.05) is 6.61 Å². The van der Waals surface area contributed by atoms with E-state index >= 15 is 0 Å². The molecule has 4 heteroatoms.